The van der Waals surface area contributed by atoms with Crippen LogP contribution in [0.1, 0.15) is 40.3 Å². The third-order valence-corrected chi connectivity index (χ3v) is 8.08. The molecule has 36 heavy (non-hydrogen) atoms. The highest BCUT2D eigenvalue weighted by Gasteiger charge is 2.52. The second-order valence-corrected chi connectivity index (χ2v) is 9.76. The standard InChI is InChI=1S/C27H20N4O5/c1-27-24(35-2)14(29-34)11-17(36-27)30-15-9-5-3-7-12(15)18-20-21(26(33)28-25(20)32)19-13-8-4-6-10-16(13)31(27)23(19)22(18)30/h3-10,17,24,34H,11H2,1-2H3,(H,28,32,33)/t17-,24-,27+/m1/s1. The minimum absolute atomic E-state index is 0.296. The van der Waals surface area contributed by atoms with Crippen LogP contribution in [-0.4, -0.2) is 45.1 Å². The lowest BCUT2D eigenvalue weighted by atomic mass is 9.95. The average Bonchev–Trinajstić information content (AvgIpc) is 3.48. The van der Waals surface area contributed by atoms with Crippen LogP contribution in [0.25, 0.3) is 43.6 Å². The predicted octanol–water partition coefficient (Wildman–Crippen LogP) is 4.24. The number of carbonyl (C=O) groups excluding carboxylic acids is 2. The van der Waals surface area contributed by atoms with Crippen molar-refractivity contribution >= 4 is 61.1 Å². The van der Waals surface area contributed by atoms with E-state index in [2.05, 4.69) is 19.6 Å². The van der Waals surface area contributed by atoms with Crippen LogP contribution >= 0.6 is 0 Å². The number of benzene rings is 3. The molecule has 2 amide bonds. The van der Waals surface area contributed by atoms with Gasteiger partial charge in [-0.2, -0.15) is 0 Å². The molecule has 3 aliphatic heterocycles. The van der Waals surface area contributed by atoms with Crippen molar-refractivity contribution in [2.75, 3.05) is 7.11 Å². The van der Waals surface area contributed by atoms with Gasteiger partial charge >= 0.3 is 0 Å². The van der Waals surface area contributed by atoms with Crippen molar-refractivity contribution in [1.29, 1.82) is 0 Å². The van der Waals surface area contributed by atoms with Gasteiger partial charge in [-0.3, -0.25) is 14.9 Å². The monoisotopic (exact) mass is 480 g/mol. The van der Waals surface area contributed by atoms with E-state index in [4.69, 9.17) is 9.47 Å². The summed E-state index contributed by atoms with van der Waals surface area (Å²) < 4.78 is 16.9. The van der Waals surface area contributed by atoms with Crippen LogP contribution in [0.5, 0.6) is 0 Å². The van der Waals surface area contributed by atoms with E-state index in [0.717, 1.165) is 38.2 Å². The number of hydrogen-bond acceptors (Lipinski definition) is 6. The molecule has 0 radical (unpaired) electrons. The van der Waals surface area contributed by atoms with Gasteiger partial charge in [-0.05, 0) is 19.1 Å². The maximum atomic E-state index is 13.3. The second kappa shape index (κ2) is 6.31. The summed E-state index contributed by atoms with van der Waals surface area (Å²) in [6.45, 7) is 1.92. The third kappa shape index (κ3) is 2.01. The maximum absolute atomic E-state index is 13.3. The Hall–Kier alpha value is -4.21. The summed E-state index contributed by atoms with van der Waals surface area (Å²) in [7, 11) is 1.57. The molecule has 3 aromatic carbocycles. The topological polar surface area (TPSA) is 107 Å². The maximum Gasteiger partial charge on any atom is 0.259 e. The fourth-order valence-corrected chi connectivity index (χ4v) is 6.89. The number of ether oxygens (including phenoxy) is 2. The molecule has 5 heterocycles. The average molecular weight is 480 g/mol. The van der Waals surface area contributed by atoms with Crippen LogP contribution in [-0.2, 0) is 15.2 Å². The number of carbonyl (C=O) groups is 2. The van der Waals surface area contributed by atoms with Crippen molar-refractivity contribution < 1.29 is 24.3 Å². The zero-order valence-electron chi connectivity index (χ0n) is 19.4. The number of rotatable bonds is 1. The second-order valence-electron chi connectivity index (χ2n) is 9.76. The van der Waals surface area contributed by atoms with Crippen LogP contribution in [0.15, 0.2) is 53.7 Å². The number of nitrogens with one attached hydrogen (secondary N) is 1. The summed E-state index contributed by atoms with van der Waals surface area (Å²) in [4.78, 5) is 26.6. The minimum atomic E-state index is -1.11. The first-order valence-corrected chi connectivity index (χ1v) is 11.8. The van der Waals surface area contributed by atoms with Crippen LogP contribution < -0.4 is 5.32 Å². The molecule has 1 fully saturated rings. The van der Waals surface area contributed by atoms with Crippen molar-refractivity contribution in [3.63, 3.8) is 0 Å². The van der Waals surface area contributed by atoms with Gasteiger partial charge in [0.2, 0.25) is 0 Å². The van der Waals surface area contributed by atoms with Crippen molar-refractivity contribution in [1.82, 2.24) is 14.5 Å². The normalized spacial score (nSPS) is 26.0. The molecule has 9 heteroatoms. The zero-order valence-corrected chi connectivity index (χ0v) is 19.4. The smallest absolute Gasteiger partial charge is 0.259 e. The van der Waals surface area contributed by atoms with Gasteiger partial charge < -0.3 is 23.8 Å². The van der Waals surface area contributed by atoms with Crippen LogP contribution in [0.4, 0.5) is 0 Å². The Labute approximate surface area is 203 Å². The summed E-state index contributed by atoms with van der Waals surface area (Å²) in [6.07, 6.45) is -0.924. The van der Waals surface area contributed by atoms with E-state index >= 15 is 0 Å². The molecule has 8 rings (SSSR count). The van der Waals surface area contributed by atoms with Gasteiger partial charge in [-0.15, -0.1) is 0 Å². The van der Waals surface area contributed by atoms with Gasteiger partial charge in [0.1, 0.15) is 12.3 Å². The molecule has 0 saturated carbocycles. The van der Waals surface area contributed by atoms with E-state index in [1.807, 2.05) is 55.5 Å². The number of para-hydroxylation sites is 2. The summed E-state index contributed by atoms with van der Waals surface area (Å²) >= 11 is 0. The number of oxime groups is 1. The Morgan fingerprint density at radius 3 is 2.28 bits per heavy atom. The molecule has 0 spiro atoms. The quantitative estimate of drug-likeness (QED) is 0.212. The van der Waals surface area contributed by atoms with Crippen molar-refractivity contribution in [2.45, 2.75) is 31.4 Å². The summed E-state index contributed by atoms with van der Waals surface area (Å²) in [5.41, 5.74) is 3.42. The fourth-order valence-electron chi connectivity index (χ4n) is 6.89. The number of amides is 2. The number of nitrogens with zero attached hydrogens (tertiary/aromatic N) is 3. The van der Waals surface area contributed by atoms with E-state index in [1.54, 1.807) is 7.11 Å². The van der Waals surface area contributed by atoms with E-state index < -0.39 is 29.9 Å². The number of aromatic nitrogens is 2. The lowest BCUT2D eigenvalue weighted by Crippen LogP contribution is -2.54. The first-order chi connectivity index (χ1) is 17.5. The molecule has 1 saturated heterocycles. The third-order valence-electron chi connectivity index (χ3n) is 8.08. The molecular weight excluding hydrogens is 460 g/mol. The van der Waals surface area contributed by atoms with Gasteiger partial charge in [-0.1, -0.05) is 41.6 Å². The van der Waals surface area contributed by atoms with Crippen LogP contribution in [0.2, 0.25) is 0 Å². The SMILES string of the molecule is CO[C@@H]1C(=NO)C[C@H]2O[C@]1(C)n1c3ccccc3c3c4c(c5c6ccccc6n2c5c31)C(=O)NC4=O. The van der Waals surface area contributed by atoms with Crippen LogP contribution in [0, 0.1) is 0 Å². The van der Waals surface area contributed by atoms with Crippen molar-refractivity contribution in [3.8, 4) is 0 Å². The Morgan fingerprint density at radius 1 is 1.00 bits per heavy atom. The van der Waals surface area contributed by atoms with Crippen molar-refractivity contribution in [3.05, 3.63) is 59.7 Å². The lowest BCUT2D eigenvalue weighted by molar-refractivity contribution is -0.211. The molecular formula is C27H20N4O5. The minimum Gasteiger partial charge on any atom is -0.411 e. The largest absolute Gasteiger partial charge is 0.411 e. The number of hydrogen-bond donors (Lipinski definition) is 2. The molecule has 2 bridgehead atoms. The van der Waals surface area contributed by atoms with Gasteiger partial charge in [0.15, 0.2) is 5.72 Å². The van der Waals surface area contributed by atoms with E-state index in [1.165, 1.54) is 0 Å². The Bertz CT molecular complexity index is 1900. The molecule has 178 valence electrons. The van der Waals surface area contributed by atoms with Crippen LogP contribution in [0.3, 0.4) is 0 Å². The Kier molecular flexibility index (Phi) is 3.51. The van der Waals surface area contributed by atoms with Gasteiger partial charge in [0.05, 0.1) is 38.9 Å². The van der Waals surface area contributed by atoms with Crippen molar-refractivity contribution in [2.24, 2.45) is 5.16 Å². The van der Waals surface area contributed by atoms with E-state index in [0.29, 0.717) is 28.6 Å². The highest BCUT2D eigenvalue weighted by molar-refractivity contribution is 6.39. The molecule has 5 aromatic rings. The molecule has 3 aliphatic rings. The molecule has 3 atom stereocenters. The number of fused-ring (bicyclic) bond motifs is 13. The van der Waals surface area contributed by atoms with Gasteiger partial charge in [0, 0.05) is 35.1 Å². The molecule has 9 nitrogen and oxygen atoms in total. The number of methoxy groups -OCH3 is 1. The van der Waals surface area contributed by atoms with Gasteiger partial charge in [-0.25, -0.2) is 0 Å². The fraction of sp³-hybridized carbons (Fsp3) is 0.222. The lowest BCUT2D eigenvalue weighted by Gasteiger charge is -2.44. The highest BCUT2D eigenvalue weighted by atomic mass is 16.6. The summed E-state index contributed by atoms with van der Waals surface area (Å²) in [5.74, 6) is -0.806. The zero-order chi connectivity index (χ0) is 24.5. The molecule has 0 unspecified atom stereocenters. The molecule has 0 aliphatic carbocycles. The number of imide groups is 1. The first-order valence-electron chi connectivity index (χ1n) is 11.8. The first kappa shape index (κ1) is 20.0. The Morgan fingerprint density at radius 2 is 1.61 bits per heavy atom. The van der Waals surface area contributed by atoms with E-state index in [9.17, 15) is 14.8 Å². The summed E-state index contributed by atoms with van der Waals surface area (Å²) in [6, 6.07) is 15.6. The summed E-state index contributed by atoms with van der Waals surface area (Å²) in [5, 5.41) is 19.3. The van der Waals surface area contributed by atoms with Gasteiger partial charge in [0.25, 0.3) is 11.8 Å². The predicted molar refractivity (Wildman–Crippen MR) is 133 cm³/mol. The molecule has 2 aromatic heterocycles. The Balaban J connectivity index is 1.76. The van der Waals surface area contributed by atoms with E-state index in [-0.39, 0.29) is 0 Å². The highest BCUT2D eigenvalue weighted by Crippen LogP contribution is 2.53. The molecule has 2 N–H and O–H groups in total.